The number of H-pyrrole nitrogens is 1. The van der Waals surface area contributed by atoms with Crippen molar-refractivity contribution >= 4 is 10.8 Å². The Labute approximate surface area is 122 Å². The third-order valence-corrected chi connectivity index (χ3v) is 3.25. The quantitative estimate of drug-likeness (QED) is 0.642. The van der Waals surface area contributed by atoms with Gasteiger partial charge in [0.2, 0.25) is 5.56 Å². The molecule has 0 aliphatic carbocycles. The molecule has 3 rings (SSSR count). The van der Waals surface area contributed by atoms with E-state index in [0.717, 1.165) is 16.3 Å². The molecule has 3 aromatic rings. The summed E-state index contributed by atoms with van der Waals surface area (Å²) in [5.41, 5.74) is 7.58. The van der Waals surface area contributed by atoms with Crippen molar-refractivity contribution in [2.75, 3.05) is 0 Å². The molecule has 0 saturated heterocycles. The maximum atomic E-state index is 10.2. The second-order valence-electron chi connectivity index (χ2n) is 4.66. The molecule has 0 fully saturated rings. The number of aromatic nitrogens is 1. The van der Waals surface area contributed by atoms with E-state index in [9.17, 15) is 9.90 Å². The largest absolute Gasteiger partial charge is 0.508 e. The van der Waals surface area contributed by atoms with Gasteiger partial charge in [0.1, 0.15) is 5.75 Å². The number of hydrogen-bond donors (Lipinski definition) is 3. The summed E-state index contributed by atoms with van der Waals surface area (Å²) in [4.78, 5) is 12.7. The first-order chi connectivity index (χ1) is 10.1. The molecule has 2 aromatic carbocycles. The number of pyridine rings is 1. The van der Waals surface area contributed by atoms with Crippen LogP contribution in [0, 0.1) is 6.92 Å². The minimum Gasteiger partial charge on any atom is -0.508 e. The van der Waals surface area contributed by atoms with Gasteiger partial charge in [-0.05, 0) is 35.4 Å². The lowest BCUT2D eigenvalue weighted by molar-refractivity contribution is 0.469. The molecular formula is C17H18N2O2. The highest BCUT2D eigenvalue weighted by Gasteiger charge is 2.05. The molecule has 21 heavy (non-hydrogen) atoms. The second kappa shape index (κ2) is 6.72. The van der Waals surface area contributed by atoms with E-state index in [4.69, 9.17) is 5.73 Å². The molecule has 0 atom stereocenters. The van der Waals surface area contributed by atoms with E-state index in [-0.39, 0.29) is 11.3 Å². The van der Waals surface area contributed by atoms with E-state index < -0.39 is 0 Å². The predicted molar refractivity (Wildman–Crippen MR) is 85.3 cm³/mol. The molecule has 0 saturated carbocycles. The first-order valence-corrected chi connectivity index (χ1v) is 6.67. The Morgan fingerprint density at radius 3 is 2.43 bits per heavy atom. The number of nitrogens with one attached hydrogen (secondary N) is 1. The number of hydrogen-bond acceptors (Lipinski definition) is 3. The number of benzene rings is 2. The number of phenolic OH excluding ortho intramolecular Hbond substituents is 1. The van der Waals surface area contributed by atoms with Crippen molar-refractivity contribution in [1.82, 2.24) is 4.98 Å². The highest BCUT2D eigenvalue weighted by Crippen LogP contribution is 2.28. The molecule has 1 aromatic heterocycles. The van der Waals surface area contributed by atoms with Crippen molar-refractivity contribution in [2.45, 2.75) is 13.5 Å². The van der Waals surface area contributed by atoms with Crippen molar-refractivity contribution in [3.63, 3.8) is 0 Å². The zero-order valence-corrected chi connectivity index (χ0v) is 11.8. The van der Waals surface area contributed by atoms with Crippen LogP contribution >= 0.6 is 0 Å². The Kier molecular flexibility index (Phi) is 4.74. The third kappa shape index (κ3) is 3.49. The summed E-state index contributed by atoms with van der Waals surface area (Å²) < 4.78 is 0. The standard InChI is InChI=1S/C12H13NO.C5H5NO/c1-8-3-2-4-10-9(8)5-6-12(14)11(10)7-13;7-5-3-1-2-4-6-5/h2-6,14H,7,13H2,1H3;1-4H,(H,6,7). The van der Waals surface area contributed by atoms with Gasteiger partial charge in [-0.15, -0.1) is 0 Å². The summed E-state index contributed by atoms with van der Waals surface area (Å²) in [5.74, 6) is 0.283. The van der Waals surface area contributed by atoms with Crippen LogP contribution in [0.4, 0.5) is 0 Å². The maximum Gasteiger partial charge on any atom is 0.247 e. The number of aromatic amines is 1. The molecule has 0 amide bonds. The highest BCUT2D eigenvalue weighted by atomic mass is 16.3. The van der Waals surface area contributed by atoms with Crippen LogP contribution in [-0.2, 0) is 6.54 Å². The van der Waals surface area contributed by atoms with Crippen LogP contribution in [-0.4, -0.2) is 10.1 Å². The normalized spacial score (nSPS) is 10.0. The van der Waals surface area contributed by atoms with Gasteiger partial charge in [-0.25, -0.2) is 0 Å². The fraction of sp³-hybridized carbons (Fsp3) is 0.118. The summed E-state index contributed by atoms with van der Waals surface area (Å²) in [5, 5.41) is 11.8. The average molecular weight is 282 g/mol. The van der Waals surface area contributed by atoms with Crippen molar-refractivity contribution in [1.29, 1.82) is 0 Å². The van der Waals surface area contributed by atoms with Gasteiger partial charge in [-0.1, -0.05) is 30.3 Å². The zero-order valence-electron chi connectivity index (χ0n) is 11.8. The summed E-state index contributed by atoms with van der Waals surface area (Å²) in [6, 6.07) is 14.6. The van der Waals surface area contributed by atoms with Gasteiger partial charge in [0, 0.05) is 24.4 Å². The molecule has 0 unspecified atom stereocenters. The molecule has 0 aliphatic heterocycles. The molecule has 0 spiro atoms. The fourth-order valence-electron chi connectivity index (χ4n) is 2.16. The average Bonchev–Trinajstić information content (AvgIpc) is 2.49. The van der Waals surface area contributed by atoms with E-state index in [1.54, 1.807) is 24.4 Å². The van der Waals surface area contributed by atoms with E-state index in [1.807, 2.05) is 18.2 Å². The molecule has 0 bridgehead atoms. The van der Waals surface area contributed by atoms with Gasteiger partial charge in [0.25, 0.3) is 0 Å². The zero-order chi connectivity index (χ0) is 15.2. The summed E-state index contributed by atoms with van der Waals surface area (Å²) >= 11 is 0. The Morgan fingerprint density at radius 2 is 1.86 bits per heavy atom. The minimum atomic E-state index is -0.0532. The first kappa shape index (κ1) is 14.8. The number of aryl methyl sites for hydroxylation is 1. The van der Waals surface area contributed by atoms with Crippen LogP contribution < -0.4 is 11.3 Å². The number of rotatable bonds is 1. The topological polar surface area (TPSA) is 79.1 Å². The Morgan fingerprint density at radius 1 is 1.05 bits per heavy atom. The van der Waals surface area contributed by atoms with E-state index in [1.165, 1.54) is 11.6 Å². The molecule has 108 valence electrons. The molecule has 4 N–H and O–H groups in total. The van der Waals surface area contributed by atoms with Gasteiger partial charge in [0.05, 0.1) is 0 Å². The minimum absolute atomic E-state index is 0.0532. The fourth-order valence-corrected chi connectivity index (χ4v) is 2.16. The molecular weight excluding hydrogens is 264 g/mol. The summed E-state index contributed by atoms with van der Waals surface area (Å²) in [7, 11) is 0. The number of fused-ring (bicyclic) bond motifs is 1. The van der Waals surface area contributed by atoms with Crippen LogP contribution in [0.2, 0.25) is 0 Å². The Bertz CT molecular complexity index is 777. The Balaban J connectivity index is 0.000000194. The second-order valence-corrected chi connectivity index (χ2v) is 4.66. The molecule has 0 aliphatic rings. The van der Waals surface area contributed by atoms with E-state index in [2.05, 4.69) is 18.0 Å². The highest BCUT2D eigenvalue weighted by molar-refractivity contribution is 5.90. The van der Waals surface area contributed by atoms with Gasteiger partial charge in [-0.3, -0.25) is 4.79 Å². The lowest BCUT2D eigenvalue weighted by Gasteiger charge is -2.08. The molecule has 4 nitrogen and oxygen atoms in total. The van der Waals surface area contributed by atoms with Crippen LogP contribution in [0.25, 0.3) is 10.8 Å². The summed E-state index contributed by atoms with van der Waals surface area (Å²) in [6.07, 6.45) is 1.60. The van der Waals surface area contributed by atoms with Gasteiger partial charge in [0.15, 0.2) is 0 Å². The molecule has 1 heterocycles. The van der Waals surface area contributed by atoms with E-state index in [0.29, 0.717) is 6.54 Å². The van der Waals surface area contributed by atoms with Crippen LogP contribution in [0.5, 0.6) is 5.75 Å². The van der Waals surface area contributed by atoms with Crippen molar-refractivity contribution in [3.05, 3.63) is 76.2 Å². The van der Waals surface area contributed by atoms with Crippen molar-refractivity contribution in [3.8, 4) is 5.75 Å². The summed E-state index contributed by atoms with van der Waals surface area (Å²) in [6.45, 7) is 2.42. The number of nitrogens with two attached hydrogens (primary N) is 1. The lowest BCUT2D eigenvalue weighted by atomic mass is 10.00. The first-order valence-electron chi connectivity index (χ1n) is 6.67. The third-order valence-electron chi connectivity index (χ3n) is 3.25. The Hall–Kier alpha value is -2.59. The maximum absolute atomic E-state index is 10.2. The van der Waals surface area contributed by atoms with Gasteiger partial charge in [-0.2, -0.15) is 0 Å². The number of phenols is 1. The van der Waals surface area contributed by atoms with Crippen molar-refractivity contribution in [2.24, 2.45) is 5.73 Å². The van der Waals surface area contributed by atoms with Crippen molar-refractivity contribution < 1.29 is 5.11 Å². The monoisotopic (exact) mass is 282 g/mol. The molecule has 0 radical (unpaired) electrons. The van der Waals surface area contributed by atoms with Crippen LogP contribution in [0.1, 0.15) is 11.1 Å². The smallest absolute Gasteiger partial charge is 0.247 e. The molecule has 4 heteroatoms. The lowest BCUT2D eigenvalue weighted by Crippen LogP contribution is -1.98. The predicted octanol–water partition coefficient (Wildman–Crippen LogP) is 2.69. The van der Waals surface area contributed by atoms with Gasteiger partial charge < -0.3 is 15.8 Å². The number of aromatic hydroxyl groups is 1. The van der Waals surface area contributed by atoms with Crippen LogP contribution in [0.3, 0.4) is 0 Å². The van der Waals surface area contributed by atoms with Crippen LogP contribution in [0.15, 0.2) is 59.5 Å². The SMILES string of the molecule is Cc1cccc2c(CN)c(O)ccc12.O=c1cccc[nH]1. The van der Waals surface area contributed by atoms with E-state index >= 15 is 0 Å². The van der Waals surface area contributed by atoms with Gasteiger partial charge >= 0.3 is 0 Å².